The third kappa shape index (κ3) is 3.36. The minimum Gasteiger partial charge on any atom is -0.477 e. The van der Waals surface area contributed by atoms with Gasteiger partial charge in [0.05, 0.1) is 22.3 Å². The van der Waals surface area contributed by atoms with Crippen LogP contribution in [0, 0.1) is 0 Å². The van der Waals surface area contributed by atoms with Gasteiger partial charge >= 0.3 is 5.97 Å². The highest BCUT2D eigenvalue weighted by Crippen LogP contribution is 2.30. The average Bonchev–Trinajstić information content (AvgIpc) is 3.09. The molecule has 1 aromatic carbocycles. The van der Waals surface area contributed by atoms with E-state index in [1.54, 1.807) is 27.4 Å². The number of nitrogens with zero attached hydrogens (tertiary/aromatic N) is 4. The standard InChI is InChI=1S/C17H14Cl2N4O3/c1-2-23-11(7-22-9-20-8-21-22)6-14(24)15(17(25)26)16(23)10-3-4-12(18)13(19)5-10/h3-6,8-9H,2,7H2,1H3,(H,25,26). The number of carboxylic acid groups (broad SMARTS) is 1. The van der Waals surface area contributed by atoms with E-state index in [1.807, 2.05) is 6.92 Å². The van der Waals surface area contributed by atoms with Crippen molar-refractivity contribution >= 4 is 29.2 Å². The van der Waals surface area contributed by atoms with Crippen LogP contribution < -0.4 is 5.43 Å². The molecule has 7 nitrogen and oxygen atoms in total. The van der Waals surface area contributed by atoms with Crippen molar-refractivity contribution in [2.45, 2.75) is 20.0 Å². The minimum atomic E-state index is -1.30. The van der Waals surface area contributed by atoms with Crippen molar-refractivity contribution in [3.8, 4) is 11.3 Å². The molecule has 0 saturated heterocycles. The Morgan fingerprint density at radius 1 is 1.23 bits per heavy atom. The van der Waals surface area contributed by atoms with E-state index in [9.17, 15) is 14.7 Å². The molecule has 0 aliphatic rings. The second-order valence-corrected chi connectivity index (χ2v) is 6.31. The Balaban J connectivity index is 2.31. The zero-order chi connectivity index (χ0) is 18.8. The first kappa shape index (κ1) is 18.2. The number of aromatic nitrogens is 4. The fraction of sp³-hybridized carbons (Fsp3) is 0.176. The summed E-state index contributed by atoms with van der Waals surface area (Å²) in [6.45, 7) is 2.58. The highest BCUT2D eigenvalue weighted by molar-refractivity contribution is 6.42. The van der Waals surface area contributed by atoms with Gasteiger partial charge < -0.3 is 9.67 Å². The molecule has 0 unspecified atom stereocenters. The van der Waals surface area contributed by atoms with Crippen molar-refractivity contribution in [1.82, 2.24) is 19.3 Å². The summed E-state index contributed by atoms with van der Waals surface area (Å²) in [6, 6.07) is 6.08. The number of hydrogen-bond donors (Lipinski definition) is 1. The van der Waals surface area contributed by atoms with Crippen LogP contribution in [0.3, 0.4) is 0 Å². The second kappa shape index (κ2) is 7.31. The van der Waals surface area contributed by atoms with Crippen LogP contribution in [-0.4, -0.2) is 30.4 Å². The predicted octanol–water partition coefficient (Wildman–Crippen LogP) is 3.18. The van der Waals surface area contributed by atoms with Crippen molar-refractivity contribution in [3.05, 3.63) is 68.4 Å². The van der Waals surface area contributed by atoms with E-state index in [-0.39, 0.29) is 22.8 Å². The molecular formula is C17H14Cl2N4O3. The van der Waals surface area contributed by atoms with Gasteiger partial charge in [0.1, 0.15) is 18.2 Å². The van der Waals surface area contributed by atoms with E-state index in [2.05, 4.69) is 10.1 Å². The Kier molecular flexibility index (Phi) is 5.11. The molecule has 0 atom stereocenters. The maximum Gasteiger partial charge on any atom is 0.341 e. The van der Waals surface area contributed by atoms with Gasteiger partial charge in [-0.1, -0.05) is 29.3 Å². The van der Waals surface area contributed by atoms with E-state index in [1.165, 1.54) is 18.7 Å². The zero-order valence-corrected chi connectivity index (χ0v) is 15.2. The molecule has 2 aromatic heterocycles. The van der Waals surface area contributed by atoms with Crippen LogP contribution in [0.25, 0.3) is 11.3 Å². The molecule has 1 N–H and O–H groups in total. The molecule has 3 aromatic rings. The quantitative estimate of drug-likeness (QED) is 0.719. The lowest BCUT2D eigenvalue weighted by molar-refractivity contribution is 0.0695. The number of carbonyl (C=O) groups is 1. The van der Waals surface area contributed by atoms with Crippen LogP contribution in [0.4, 0.5) is 0 Å². The highest BCUT2D eigenvalue weighted by atomic mass is 35.5. The van der Waals surface area contributed by atoms with E-state index in [4.69, 9.17) is 23.2 Å². The Labute approximate surface area is 158 Å². The number of benzene rings is 1. The number of pyridine rings is 1. The molecule has 0 saturated carbocycles. The van der Waals surface area contributed by atoms with E-state index in [0.717, 1.165) is 0 Å². The van der Waals surface area contributed by atoms with Gasteiger partial charge in [-0.2, -0.15) is 5.10 Å². The number of halogens is 2. The molecule has 0 fully saturated rings. The minimum absolute atomic E-state index is 0.275. The Bertz CT molecular complexity index is 1030. The average molecular weight is 393 g/mol. The lowest BCUT2D eigenvalue weighted by Gasteiger charge is -2.20. The summed E-state index contributed by atoms with van der Waals surface area (Å²) in [5, 5.41) is 14.3. The molecule has 0 aliphatic heterocycles. The summed E-state index contributed by atoms with van der Waals surface area (Å²) in [4.78, 5) is 28.2. The second-order valence-electron chi connectivity index (χ2n) is 5.49. The molecule has 26 heavy (non-hydrogen) atoms. The molecule has 0 aliphatic carbocycles. The molecule has 3 rings (SSSR count). The third-order valence-corrected chi connectivity index (χ3v) is 4.65. The summed E-state index contributed by atoms with van der Waals surface area (Å²) in [5.41, 5.74) is 0.484. The van der Waals surface area contributed by atoms with Gasteiger partial charge in [-0.25, -0.2) is 14.5 Å². The zero-order valence-electron chi connectivity index (χ0n) is 13.7. The molecule has 0 bridgehead atoms. The summed E-state index contributed by atoms with van der Waals surface area (Å²) in [6.07, 6.45) is 2.91. The topological polar surface area (TPSA) is 90.0 Å². The first-order chi connectivity index (χ1) is 12.4. The molecule has 0 spiro atoms. The van der Waals surface area contributed by atoms with Crippen molar-refractivity contribution in [1.29, 1.82) is 0 Å². The first-order valence-corrected chi connectivity index (χ1v) is 8.45. The Morgan fingerprint density at radius 3 is 2.58 bits per heavy atom. The van der Waals surface area contributed by atoms with Crippen molar-refractivity contribution < 1.29 is 9.90 Å². The number of hydrogen-bond acceptors (Lipinski definition) is 4. The summed E-state index contributed by atoms with van der Waals surface area (Å²) in [7, 11) is 0. The van der Waals surface area contributed by atoms with Crippen LogP contribution in [0.2, 0.25) is 10.0 Å². The van der Waals surface area contributed by atoms with Crippen molar-refractivity contribution in [3.63, 3.8) is 0 Å². The number of aromatic carboxylic acids is 1. The number of rotatable bonds is 5. The Morgan fingerprint density at radius 2 is 2.00 bits per heavy atom. The van der Waals surface area contributed by atoms with E-state index >= 15 is 0 Å². The highest BCUT2D eigenvalue weighted by Gasteiger charge is 2.22. The number of carboxylic acids is 1. The van der Waals surface area contributed by atoms with E-state index < -0.39 is 11.4 Å². The van der Waals surface area contributed by atoms with Gasteiger partial charge in [-0.3, -0.25) is 4.79 Å². The van der Waals surface area contributed by atoms with Gasteiger partial charge in [0.15, 0.2) is 5.43 Å². The van der Waals surface area contributed by atoms with Crippen LogP contribution in [0.1, 0.15) is 23.0 Å². The van der Waals surface area contributed by atoms with Gasteiger partial charge in [0.25, 0.3) is 0 Å². The Hall–Kier alpha value is -2.64. The van der Waals surface area contributed by atoms with Crippen LogP contribution in [0.15, 0.2) is 41.7 Å². The summed E-state index contributed by atoms with van der Waals surface area (Å²) < 4.78 is 3.31. The summed E-state index contributed by atoms with van der Waals surface area (Å²) >= 11 is 12.1. The fourth-order valence-corrected chi connectivity index (χ4v) is 3.12. The van der Waals surface area contributed by atoms with Gasteiger partial charge in [0.2, 0.25) is 0 Å². The van der Waals surface area contributed by atoms with E-state index in [0.29, 0.717) is 22.8 Å². The van der Waals surface area contributed by atoms with Gasteiger partial charge in [-0.15, -0.1) is 0 Å². The van der Waals surface area contributed by atoms with Crippen molar-refractivity contribution in [2.24, 2.45) is 0 Å². The SMILES string of the molecule is CCn1c(Cn2cncn2)cc(=O)c(C(=O)O)c1-c1ccc(Cl)c(Cl)c1. The molecule has 0 radical (unpaired) electrons. The first-order valence-electron chi connectivity index (χ1n) is 7.70. The van der Waals surface area contributed by atoms with Gasteiger partial charge in [0, 0.05) is 23.9 Å². The normalized spacial score (nSPS) is 10.9. The van der Waals surface area contributed by atoms with Crippen LogP contribution in [0.5, 0.6) is 0 Å². The lowest BCUT2D eigenvalue weighted by atomic mass is 10.0. The predicted molar refractivity (Wildman–Crippen MR) is 97.9 cm³/mol. The maximum absolute atomic E-state index is 12.5. The largest absolute Gasteiger partial charge is 0.477 e. The van der Waals surface area contributed by atoms with Gasteiger partial charge in [-0.05, 0) is 19.1 Å². The van der Waals surface area contributed by atoms with Crippen LogP contribution >= 0.6 is 23.2 Å². The monoisotopic (exact) mass is 392 g/mol. The summed E-state index contributed by atoms with van der Waals surface area (Å²) in [5.74, 6) is -1.30. The van der Waals surface area contributed by atoms with Crippen molar-refractivity contribution in [2.75, 3.05) is 0 Å². The molecule has 2 heterocycles. The maximum atomic E-state index is 12.5. The molecule has 0 amide bonds. The lowest BCUT2D eigenvalue weighted by Crippen LogP contribution is -2.24. The molecule has 9 heteroatoms. The molecular weight excluding hydrogens is 379 g/mol. The molecule has 134 valence electrons. The fourth-order valence-electron chi connectivity index (χ4n) is 2.82. The third-order valence-electron chi connectivity index (χ3n) is 3.91. The van der Waals surface area contributed by atoms with Crippen LogP contribution in [-0.2, 0) is 13.1 Å². The smallest absolute Gasteiger partial charge is 0.341 e.